The molecule has 0 rings (SSSR count). The molecular weight excluding hydrogens is 298 g/mol. The number of thiol groups is 1. The van der Waals surface area contributed by atoms with E-state index in [9.17, 15) is 9.59 Å². The van der Waals surface area contributed by atoms with Crippen molar-refractivity contribution in [2.24, 2.45) is 5.41 Å². The summed E-state index contributed by atoms with van der Waals surface area (Å²) < 4.78 is -0.688. The maximum Gasteiger partial charge on any atom is 0.304 e. The second-order valence-corrected chi connectivity index (χ2v) is 8.23. The Hall–Kier alpha value is -0.710. The molecule has 22 heavy (non-hydrogen) atoms. The van der Waals surface area contributed by atoms with Gasteiger partial charge >= 0.3 is 5.97 Å². The van der Waals surface area contributed by atoms with Gasteiger partial charge in [0.05, 0.1) is 6.42 Å². The van der Waals surface area contributed by atoms with Crippen molar-refractivity contribution in [1.29, 1.82) is 0 Å². The molecule has 130 valence electrons. The number of amides is 1. The SMILES string of the molecule is CCCCCCCCNC(=O)C(C)(C)CC(C)(S)CC(=O)O. The highest BCUT2D eigenvalue weighted by molar-refractivity contribution is 7.81. The average Bonchev–Trinajstić information content (AvgIpc) is 2.34. The van der Waals surface area contributed by atoms with Crippen molar-refractivity contribution in [2.75, 3.05) is 6.54 Å². The van der Waals surface area contributed by atoms with Gasteiger partial charge in [-0.1, -0.05) is 59.8 Å². The molecule has 4 nitrogen and oxygen atoms in total. The topological polar surface area (TPSA) is 66.4 Å². The van der Waals surface area contributed by atoms with Gasteiger partial charge in [-0.2, -0.15) is 12.6 Å². The van der Waals surface area contributed by atoms with E-state index in [0.29, 0.717) is 13.0 Å². The smallest absolute Gasteiger partial charge is 0.304 e. The van der Waals surface area contributed by atoms with Gasteiger partial charge in [-0.15, -0.1) is 0 Å². The van der Waals surface area contributed by atoms with Crippen LogP contribution in [-0.4, -0.2) is 28.3 Å². The Labute approximate surface area is 140 Å². The maximum atomic E-state index is 12.3. The Morgan fingerprint density at radius 1 is 1.05 bits per heavy atom. The van der Waals surface area contributed by atoms with Gasteiger partial charge in [-0.25, -0.2) is 0 Å². The van der Waals surface area contributed by atoms with E-state index in [1.54, 1.807) is 6.92 Å². The Morgan fingerprint density at radius 2 is 1.59 bits per heavy atom. The first kappa shape index (κ1) is 21.3. The molecule has 0 aliphatic rings. The molecule has 0 spiro atoms. The van der Waals surface area contributed by atoms with E-state index in [2.05, 4.69) is 24.9 Å². The predicted octanol–water partition coefficient (Wildman–Crippen LogP) is 4.04. The zero-order valence-corrected chi connectivity index (χ0v) is 15.5. The number of carbonyl (C=O) groups is 2. The van der Waals surface area contributed by atoms with Crippen molar-refractivity contribution < 1.29 is 14.7 Å². The van der Waals surface area contributed by atoms with Gasteiger partial charge in [-0.3, -0.25) is 9.59 Å². The van der Waals surface area contributed by atoms with E-state index in [4.69, 9.17) is 5.11 Å². The summed E-state index contributed by atoms with van der Waals surface area (Å²) in [6.45, 7) is 8.35. The first-order valence-corrected chi connectivity index (χ1v) is 8.78. The van der Waals surface area contributed by atoms with Gasteiger partial charge in [-0.05, 0) is 12.8 Å². The fourth-order valence-electron chi connectivity index (χ4n) is 2.77. The quantitative estimate of drug-likeness (QED) is 0.373. The van der Waals surface area contributed by atoms with Gasteiger partial charge in [0.2, 0.25) is 5.91 Å². The van der Waals surface area contributed by atoms with E-state index in [1.165, 1.54) is 25.7 Å². The number of rotatable bonds is 12. The molecule has 0 aromatic carbocycles. The van der Waals surface area contributed by atoms with Crippen LogP contribution >= 0.6 is 12.6 Å². The van der Waals surface area contributed by atoms with Gasteiger partial charge in [0.1, 0.15) is 0 Å². The van der Waals surface area contributed by atoms with Crippen molar-refractivity contribution >= 4 is 24.5 Å². The molecule has 2 N–H and O–H groups in total. The van der Waals surface area contributed by atoms with Crippen LogP contribution < -0.4 is 5.32 Å². The molecule has 1 amide bonds. The minimum atomic E-state index is -0.888. The van der Waals surface area contributed by atoms with Crippen LogP contribution in [0, 0.1) is 5.41 Å². The van der Waals surface area contributed by atoms with Crippen LogP contribution in [0.25, 0.3) is 0 Å². The minimum Gasteiger partial charge on any atom is -0.481 e. The Bertz CT molecular complexity index is 354. The lowest BCUT2D eigenvalue weighted by Gasteiger charge is -2.32. The average molecular weight is 332 g/mol. The van der Waals surface area contributed by atoms with Crippen molar-refractivity contribution in [2.45, 2.75) is 83.8 Å². The molecule has 0 heterocycles. The lowest BCUT2D eigenvalue weighted by molar-refractivity contribution is -0.138. The second-order valence-electron chi connectivity index (χ2n) is 7.15. The fourth-order valence-corrected chi connectivity index (χ4v) is 3.30. The van der Waals surface area contributed by atoms with Crippen LogP contribution in [0.4, 0.5) is 0 Å². The van der Waals surface area contributed by atoms with Crippen LogP contribution in [-0.2, 0) is 9.59 Å². The van der Waals surface area contributed by atoms with E-state index in [-0.39, 0.29) is 12.3 Å². The largest absolute Gasteiger partial charge is 0.481 e. The number of hydrogen-bond acceptors (Lipinski definition) is 3. The molecule has 0 aliphatic heterocycles. The normalized spacial score (nSPS) is 14.4. The summed E-state index contributed by atoms with van der Waals surface area (Å²) in [6, 6.07) is 0. The second kappa shape index (κ2) is 10.1. The van der Waals surface area contributed by atoms with Crippen molar-refractivity contribution in [3.63, 3.8) is 0 Å². The van der Waals surface area contributed by atoms with Crippen LogP contribution in [0.15, 0.2) is 0 Å². The lowest BCUT2D eigenvalue weighted by atomic mass is 9.80. The lowest BCUT2D eigenvalue weighted by Crippen LogP contribution is -2.41. The Morgan fingerprint density at radius 3 is 2.14 bits per heavy atom. The third-order valence-corrected chi connectivity index (χ3v) is 4.10. The summed E-state index contributed by atoms with van der Waals surface area (Å²) in [5.74, 6) is -0.910. The minimum absolute atomic E-state index is 0.0216. The molecule has 0 aromatic heterocycles. The van der Waals surface area contributed by atoms with Gasteiger partial charge in [0.25, 0.3) is 0 Å². The highest BCUT2D eigenvalue weighted by Crippen LogP contribution is 2.34. The van der Waals surface area contributed by atoms with Gasteiger partial charge in [0.15, 0.2) is 0 Å². The van der Waals surface area contributed by atoms with Crippen LogP contribution in [0.5, 0.6) is 0 Å². The Kier molecular flexibility index (Phi) is 9.81. The number of nitrogens with one attached hydrogen (secondary N) is 1. The molecule has 0 saturated carbocycles. The number of carboxylic acids is 1. The Balaban J connectivity index is 4.09. The maximum absolute atomic E-state index is 12.3. The van der Waals surface area contributed by atoms with E-state index in [1.807, 2.05) is 13.8 Å². The molecule has 1 unspecified atom stereocenters. The fraction of sp³-hybridized carbons (Fsp3) is 0.882. The molecule has 0 aromatic rings. The summed E-state index contributed by atoms with van der Waals surface area (Å²) >= 11 is 4.41. The standard InChI is InChI=1S/C17H33NO3S/c1-5-6-7-8-9-10-11-18-15(21)16(2,3)13-17(4,22)12-14(19)20/h22H,5-13H2,1-4H3,(H,18,21)(H,19,20). The van der Waals surface area contributed by atoms with Gasteiger partial charge < -0.3 is 10.4 Å². The first-order chi connectivity index (χ1) is 10.1. The van der Waals surface area contributed by atoms with Crippen LogP contribution in [0.2, 0.25) is 0 Å². The molecule has 0 aliphatic carbocycles. The number of unbranched alkanes of at least 4 members (excludes halogenated alkanes) is 5. The summed E-state index contributed by atoms with van der Waals surface area (Å²) in [7, 11) is 0. The summed E-state index contributed by atoms with van der Waals surface area (Å²) in [5.41, 5.74) is -0.617. The molecular formula is C17H33NO3S. The van der Waals surface area contributed by atoms with Crippen molar-refractivity contribution in [3.05, 3.63) is 0 Å². The number of carboxylic acid groups (broad SMARTS) is 1. The molecule has 0 radical (unpaired) electrons. The van der Waals surface area contributed by atoms with Gasteiger partial charge in [0, 0.05) is 16.7 Å². The molecule has 1 atom stereocenters. The summed E-state index contributed by atoms with van der Waals surface area (Å²) in [5, 5.41) is 11.9. The molecule has 5 heteroatoms. The summed E-state index contributed by atoms with van der Waals surface area (Å²) in [4.78, 5) is 23.1. The molecule has 0 fully saturated rings. The summed E-state index contributed by atoms with van der Waals surface area (Å²) in [6.07, 6.45) is 7.53. The predicted molar refractivity (Wildman–Crippen MR) is 94.4 cm³/mol. The highest BCUT2D eigenvalue weighted by atomic mass is 32.1. The zero-order chi connectivity index (χ0) is 17.2. The third-order valence-electron chi connectivity index (χ3n) is 3.79. The van der Waals surface area contributed by atoms with E-state index in [0.717, 1.165) is 12.8 Å². The third kappa shape index (κ3) is 10.1. The number of hydrogen-bond donors (Lipinski definition) is 3. The van der Waals surface area contributed by atoms with E-state index >= 15 is 0 Å². The van der Waals surface area contributed by atoms with Crippen LogP contribution in [0.3, 0.4) is 0 Å². The van der Waals surface area contributed by atoms with Crippen LogP contribution in [0.1, 0.15) is 79.1 Å². The number of carbonyl (C=O) groups excluding carboxylic acids is 1. The van der Waals surface area contributed by atoms with E-state index < -0.39 is 16.1 Å². The zero-order valence-electron chi connectivity index (χ0n) is 14.6. The van der Waals surface area contributed by atoms with Crippen molar-refractivity contribution in [3.8, 4) is 0 Å². The monoisotopic (exact) mass is 331 g/mol. The molecule has 0 saturated heterocycles. The first-order valence-electron chi connectivity index (χ1n) is 8.33. The molecule has 0 bridgehead atoms. The highest BCUT2D eigenvalue weighted by Gasteiger charge is 2.36. The number of aliphatic carboxylic acids is 1. The van der Waals surface area contributed by atoms with Crippen molar-refractivity contribution in [1.82, 2.24) is 5.32 Å².